The standard InChI is InChI=1S/C21H17ClN2O4S/c1-12(2)24(20(25)15-9-8-14(22)10-16(15)23-28)17-11-18(29-19(17)21(26)27)13-6-4-3-5-7-13/h3-12H,1-2H3,(H,26,27). The summed E-state index contributed by atoms with van der Waals surface area (Å²) in [7, 11) is 0. The lowest BCUT2D eigenvalue weighted by atomic mass is 10.1. The van der Waals surface area contributed by atoms with Gasteiger partial charge in [-0.3, -0.25) is 4.79 Å². The number of hydrogen-bond donors (Lipinski definition) is 1. The van der Waals surface area contributed by atoms with Gasteiger partial charge in [0, 0.05) is 15.9 Å². The highest BCUT2D eigenvalue weighted by molar-refractivity contribution is 7.18. The smallest absolute Gasteiger partial charge is 0.348 e. The minimum atomic E-state index is -1.13. The van der Waals surface area contributed by atoms with Gasteiger partial charge in [-0.1, -0.05) is 41.9 Å². The van der Waals surface area contributed by atoms with Crippen LogP contribution in [0.25, 0.3) is 10.4 Å². The van der Waals surface area contributed by atoms with E-state index in [1.54, 1.807) is 19.9 Å². The molecule has 0 aliphatic heterocycles. The lowest BCUT2D eigenvalue weighted by Crippen LogP contribution is -2.37. The predicted octanol–water partition coefficient (Wildman–Crippen LogP) is 6.22. The number of anilines is 1. The van der Waals surface area contributed by atoms with Crippen LogP contribution in [0.5, 0.6) is 0 Å². The van der Waals surface area contributed by atoms with Gasteiger partial charge in [0.2, 0.25) is 0 Å². The zero-order valence-electron chi connectivity index (χ0n) is 15.6. The molecule has 1 heterocycles. The van der Waals surface area contributed by atoms with Gasteiger partial charge in [0.15, 0.2) is 0 Å². The van der Waals surface area contributed by atoms with Crippen LogP contribution < -0.4 is 4.90 Å². The Morgan fingerprint density at radius 2 is 1.79 bits per heavy atom. The van der Waals surface area contributed by atoms with E-state index in [-0.39, 0.29) is 32.9 Å². The van der Waals surface area contributed by atoms with Crippen LogP contribution in [0.2, 0.25) is 5.02 Å². The molecule has 29 heavy (non-hydrogen) atoms. The van der Waals surface area contributed by atoms with E-state index in [0.717, 1.165) is 21.8 Å². The van der Waals surface area contributed by atoms with Crippen molar-refractivity contribution in [1.29, 1.82) is 0 Å². The number of halogens is 1. The van der Waals surface area contributed by atoms with Crippen LogP contribution in [0.1, 0.15) is 33.9 Å². The molecule has 1 N–H and O–H groups in total. The normalized spacial score (nSPS) is 10.8. The average molecular weight is 429 g/mol. The number of carbonyl (C=O) groups is 2. The van der Waals surface area contributed by atoms with E-state index < -0.39 is 11.9 Å². The van der Waals surface area contributed by atoms with Crippen molar-refractivity contribution in [2.75, 3.05) is 4.90 Å². The Morgan fingerprint density at radius 3 is 2.38 bits per heavy atom. The van der Waals surface area contributed by atoms with Crippen LogP contribution in [-0.2, 0) is 0 Å². The number of thiophene rings is 1. The van der Waals surface area contributed by atoms with Crippen molar-refractivity contribution in [3.8, 4) is 10.4 Å². The SMILES string of the molecule is CC(C)N(C(=O)c1ccc(Cl)cc1N=O)c1cc(-c2ccccc2)sc1C(=O)O. The number of carbonyl (C=O) groups excluding carboxylic acids is 1. The highest BCUT2D eigenvalue weighted by atomic mass is 35.5. The van der Waals surface area contributed by atoms with Crippen molar-refractivity contribution in [3.05, 3.63) is 75.0 Å². The molecule has 1 aromatic heterocycles. The second-order valence-corrected chi connectivity index (χ2v) is 8.01. The van der Waals surface area contributed by atoms with Gasteiger partial charge < -0.3 is 10.0 Å². The summed E-state index contributed by atoms with van der Waals surface area (Å²) in [4.78, 5) is 38.5. The van der Waals surface area contributed by atoms with Crippen molar-refractivity contribution in [3.63, 3.8) is 0 Å². The van der Waals surface area contributed by atoms with Gasteiger partial charge in [-0.2, -0.15) is 0 Å². The van der Waals surface area contributed by atoms with E-state index in [1.165, 1.54) is 23.1 Å². The van der Waals surface area contributed by atoms with Crippen LogP contribution in [0.15, 0.2) is 59.8 Å². The second kappa shape index (κ2) is 8.55. The molecule has 0 spiro atoms. The van der Waals surface area contributed by atoms with Crippen LogP contribution in [0, 0.1) is 4.91 Å². The minimum Gasteiger partial charge on any atom is -0.477 e. The maximum atomic E-state index is 13.3. The molecule has 3 aromatic rings. The summed E-state index contributed by atoms with van der Waals surface area (Å²) in [6.45, 7) is 3.54. The summed E-state index contributed by atoms with van der Waals surface area (Å²) in [5.41, 5.74) is 1.09. The molecule has 0 bridgehead atoms. The third-order valence-electron chi connectivity index (χ3n) is 4.25. The van der Waals surface area contributed by atoms with Gasteiger partial charge in [-0.05, 0) is 48.9 Å². The summed E-state index contributed by atoms with van der Waals surface area (Å²) < 4.78 is 0. The molecule has 0 atom stereocenters. The van der Waals surface area contributed by atoms with E-state index in [0.29, 0.717) is 0 Å². The highest BCUT2D eigenvalue weighted by Crippen LogP contribution is 2.39. The van der Waals surface area contributed by atoms with Crippen molar-refractivity contribution < 1.29 is 14.7 Å². The number of nitroso groups, excluding NO2 is 1. The first-order valence-corrected chi connectivity index (χ1v) is 9.92. The van der Waals surface area contributed by atoms with E-state index >= 15 is 0 Å². The topological polar surface area (TPSA) is 87.0 Å². The Bertz CT molecular complexity index is 1080. The summed E-state index contributed by atoms with van der Waals surface area (Å²) in [5, 5.41) is 12.9. The number of carboxylic acid groups (broad SMARTS) is 1. The van der Waals surface area contributed by atoms with Gasteiger partial charge in [-0.25, -0.2) is 4.79 Å². The van der Waals surface area contributed by atoms with E-state index in [4.69, 9.17) is 11.6 Å². The van der Waals surface area contributed by atoms with Crippen LogP contribution in [0.4, 0.5) is 11.4 Å². The van der Waals surface area contributed by atoms with E-state index in [1.807, 2.05) is 30.3 Å². The Balaban J connectivity index is 2.15. The Morgan fingerprint density at radius 1 is 1.10 bits per heavy atom. The molecule has 0 aliphatic rings. The molecule has 148 valence electrons. The van der Waals surface area contributed by atoms with Crippen molar-refractivity contribution in [2.24, 2.45) is 5.18 Å². The Kier molecular flexibility index (Phi) is 6.10. The summed E-state index contributed by atoms with van der Waals surface area (Å²) in [6, 6.07) is 14.9. The van der Waals surface area contributed by atoms with Gasteiger partial charge in [0.05, 0.1) is 11.3 Å². The number of benzene rings is 2. The largest absolute Gasteiger partial charge is 0.477 e. The molecule has 0 aliphatic carbocycles. The molecule has 6 nitrogen and oxygen atoms in total. The van der Waals surface area contributed by atoms with Gasteiger partial charge in [0.25, 0.3) is 5.91 Å². The van der Waals surface area contributed by atoms with Crippen LogP contribution in [0.3, 0.4) is 0 Å². The maximum absolute atomic E-state index is 13.3. The summed E-state index contributed by atoms with van der Waals surface area (Å²) in [6.07, 6.45) is 0. The van der Waals surface area contributed by atoms with Crippen molar-refractivity contribution in [2.45, 2.75) is 19.9 Å². The van der Waals surface area contributed by atoms with Crippen LogP contribution in [-0.4, -0.2) is 23.0 Å². The summed E-state index contributed by atoms with van der Waals surface area (Å²) in [5.74, 6) is -1.65. The summed E-state index contributed by atoms with van der Waals surface area (Å²) >= 11 is 6.99. The van der Waals surface area contributed by atoms with Gasteiger partial charge in [0.1, 0.15) is 10.6 Å². The average Bonchev–Trinajstić information content (AvgIpc) is 3.13. The second-order valence-electron chi connectivity index (χ2n) is 6.52. The molecule has 0 unspecified atom stereocenters. The number of amides is 1. The van der Waals surface area contributed by atoms with Crippen molar-refractivity contribution in [1.82, 2.24) is 0 Å². The molecule has 3 rings (SSSR count). The Labute approximate surface area is 176 Å². The first-order valence-electron chi connectivity index (χ1n) is 8.72. The number of hydrogen-bond acceptors (Lipinski definition) is 5. The van der Waals surface area contributed by atoms with Gasteiger partial charge in [-0.15, -0.1) is 16.2 Å². The predicted molar refractivity (Wildman–Crippen MR) is 116 cm³/mol. The lowest BCUT2D eigenvalue weighted by molar-refractivity contribution is 0.0703. The third-order valence-corrected chi connectivity index (χ3v) is 5.64. The molecule has 0 fully saturated rings. The number of aromatic carboxylic acids is 1. The molecular weight excluding hydrogens is 412 g/mol. The molecule has 0 radical (unpaired) electrons. The minimum absolute atomic E-state index is 0.0421. The van der Waals surface area contributed by atoms with Crippen LogP contribution >= 0.6 is 22.9 Å². The third kappa shape index (κ3) is 4.21. The zero-order valence-corrected chi connectivity index (χ0v) is 17.2. The fourth-order valence-corrected chi connectivity index (χ4v) is 4.13. The molecular formula is C21H17ClN2O4S. The molecule has 0 saturated heterocycles. The molecule has 2 aromatic carbocycles. The number of rotatable bonds is 6. The quantitative estimate of drug-likeness (QED) is 0.472. The zero-order chi connectivity index (χ0) is 21.1. The number of carboxylic acids is 1. The fraction of sp³-hybridized carbons (Fsp3) is 0.143. The van der Waals surface area contributed by atoms with E-state index in [2.05, 4.69) is 5.18 Å². The van der Waals surface area contributed by atoms with Crippen molar-refractivity contribution >= 4 is 46.2 Å². The van der Waals surface area contributed by atoms with E-state index in [9.17, 15) is 19.6 Å². The Hall–Kier alpha value is -3.03. The van der Waals surface area contributed by atoms with Gasteiger partial charge >= 0.3 is 5.97 Å². The fourth-order valence-electron chi connectivity index (χ4n) is 2.97. The monoisotopic (exact) mass is 428 g/mol. The first-order chi connectivity index (χ1) is 13.8. The molecule has 1 amide bonds. The molecule has 8 heteroatoms. The first kappa shape index (κ1) is 20.7. The number of nitrogens with zero attached hydrogens (tertiary/aromatic N) is 2. The highest BCUT2D eigenvalue weighted by Gasteiger charge is 2.29. The lowest BCUT2D eigenvalue weighted by Gasteiger charge is -2.27. The molecule has 0 saturated carbocycles. The maximum Gasteiger partial charge on any atom is 0.348 e.